The molecule has 0 spiro atoms. The number of aliphatic carboxylic acids is 1. The van der Waals surface area contributed by atoms with Crippen LogP contribution >= 0.6 is 0 Å². The van der Waals surface area contributed by atoms with Gasteiger partial charge < -0.3 is 25.0 Å². The molecule has 0 aliphatic carbocycles. The van der Waals surface area contributed by atoms with Crippen LogP contribution in [-0.2, 0) is 4.79 Å². The Bertz CT molecular complexity index is 1220. The van der Waals surface area contributed by atoms with Crippen LogP contribution in [0.2, 0.25) is 0 Å². The van der Waals surface area contributed by atoms with Crippen molar-refractivity contribution in [3.8, 4) is 17.3 Å². The van der Waals surface area contributed by atoms with Gasteiger partial charge in [0.05, 0.1) is 25.2 Å². The lowest BCUT2D eigenvalue weighted by Gasteiger charge is -2.27. The molecule has 10 heteroatoms. The van der Waals surface area contributed by atoms with Crippen LogP contribution in [0.15, 0.2) is 54.6 Å². The molecule has 1 amide bonds. The zero-order valence-corrected chi connectivity index (χ0v) is 20.6. The average Bonchev–Trinajstić information content (AvgIpc) is 3.26. The Hall–Kier alpha value is -3.92. The minimum absolute atomic E-state index is 0.0438. The Morgan fingerprint density at radius 1 is 1.17 bits per heavy atom. The van der Waals surface area contributed by atoms with Gasteiger partial charge in [-0.05, 0) is 42.7 Å². The number of benzene rings is 2. The van der Waals surface area contributed by atoms with Gasteiger partial charge in [0, 0.05) is 6.07 Å². The van der Waals surface area contributed by atoms with E-state index >= 15 is 0 Å². The van der Waals surface area contributed by atoms with E-state index in [-0.39, 0.29) is 36.2 Å². The van der Waals surface area contributed by atoms with Crippen molar-refractivity contribution in [1.82, 2.24) is 15.1 Å². The fraction of sp³-hybridized carbons (Fsp3) is 0.346. The molecule has 0 saturated carbocycles. The van der Waals surface area contributed by atoms with Gasteiger partial charge in [0.2, 0.25) is 5.88 Å². The van der Waals surface area contributed by atoms with Crippen molar-refractivity contribution >= 4 is 11.9 Å². The largest absolute Gasteiger partial charge is 0.497 e. The number of nitrogens with one attached hydrogen (secondary N) is 1. The summed E-state index contributed by atoms with van der Waals surface area (Å²) in [5, 5.41) is 26.9. The molecule has 0 aliphatic rings. The molecule has 192 valence electrons. The van der Waals surface area contributed by atoms with Gasteiger partial charge in [0.1, 0.15) is 23.9 Å². The molecular weight excluding hydrogens is 469 g/mol. The van der Waals surface area contributed by atoms with Crippen LogP contribution < -0.4 is 14.8 Å². The minimum Gasteiger partial charge on any atom is -0.497 e. The van der Waals surface area contributed by atoms with Gasteiger partial charge in [0.15, 0.2) is 5.69 Å². The van der Waals surface area contributed by atoms with Crippen LogP contribution in [0.1, 0.15) is 49.3 Å². The third kappa shape index (κ3) is 6.39. The Morgan fingerprint density at radius 2 is 1.89 bits per heavy atom. The Kier molecular flexibility index (Phi) is 8.31. The highest BCUT2D eigenvalue weighted by atomic mass is 19.1. The van der Waals surface area contributed by atoms with E-state index in [2.05, 4.69) is 10.4 Å². The first-order valence-electron chi connectivity index (χ1n) is 11.4. The average molecular weight is 500 g/mol. The van der Waals surface area contributed by atoms with Crippen molar-refractivity contribution in [1.29, 1.82) is 0 Å². The summed E-state index contributed by atoms with van der Waals surface area (Å²) in [4.78, 5) is 24.6. The molecule has 1 heterocycles. The summed E-state index contributed by atoms with van der Waals surface area (Å²) in [6, 6.07) is 13.0. The number of carbonyl (C=O) groups excluding carboxylic acids is 1. The van der Waals surface area contributed by atoms with Gasteiger partial charge in [-0.2, -0.15) is 9.78 Å². The van der Waals surface area contributed by atoms with Crippen LogP contribution in [-0.4, -0.2) is 51.2 Å². The third-order valence-electron chi connectivity index (χ3n) is 5.93. The molecule has 9 nitrogen and oxygen atoms in total. The highest BCUT2D eigenvalue weighted by molar-refractivity contribution is 5.93. The summed E-state index contributed by atoms with van der Waals surface area (Å²) in [6.45, 7) is 5.15. The Morgan fingerprint density at radius 3 is 2.53 bits per heavy atom. The first kappa shape index (κ1) is 26.7. The lowest BCUT2D eigenvalue weighted by atomic mass is 9.94. The fourth-order valence-electron chi connectivity index (χ4n) is 3.28. The fourth-order valence-corrected chi connectivity index (χ4v) is 3.28. The van der Waals surface area contributed by atoms with Gasteiger partial charge in [-0.25, -0.2) is 4.39 Å². The SMILES string of the molecule is COc1cccc([C@H](CC(=O)O)NC(=O)c2cc(OC[C@@](C)(O)C(C)C)n(-c3ccccc3F)n2)c1. The molecule has 2 aromatic carbocycles. The molecule has 0 radical (unpaired) electrons. The van der Waals surface area contributed by atoms with Gasteiger partial charge in [-0.3, -0.25) is 9.59 Å². The van der Waals surface area contributed by atoms with Gasteiger partial charge in [0.25, 0.3) is 5.91 Å². The number of halogens is 1. The van der Waals surface area contributed by atoms with Gasteiger partial charge in [-0.15, -0.1) is 0 Å². The Balaban J connectivity index is 1.95. The predicted octanol–water partition coefficient (Wildman–Crippen LogP) is 3.75. The summed E-state index contributed by atoms with van der Waals surface area (Å²) in [5.74, 6) is -1.96. The van der Waals surface area contributed by atoms with Crippen molar-refractivity contribution in [2.24, 2.45) is 5.92 Å². The van der Waals surface area contributed by atoms with E-state index in [1.54, 1.807) is 37.3 Å². The quantitative estimate of drug-likeness (QED) is 0.367. The lowest BCUT2D eigenvalue weighted by Crippen LogP contribution is -2.38. The van der Waals surface area contributed by atoms with Crippen molar-refractivity contribution < 1.29 is 33.7 Å². The van der Waals surface area contributed by atoms with Crippen LogP contribution in [0.5, 0.6) is 11.6 Å². The zero-order valence-electron chi connectivity index (χ0n) is 20.6. The summed E-state index contributed by atoms with van der Waals surface area (Å²) >= 11 is 0. The molecule has 0 bridgehead atoms. The molecule has 0 aliphatic heterocycles. The van der Waals surface area contributed by atoms with E-state index in [0.29, 0.717) is 11.3 Å². The molecule has 0 saturated heterocycles. The van der Waals surface area contributed by atoms with E-state index in [0.717, 1.165) is 4.68 Å². The number of hydrogen-bond acceptors (Lipinski definition) is 6. The highest BCUT2D eigenvalue weighted by Gasteiger charge is 2.28. The van der Waals surface area contributed by atoms with Gasteiger partial charge in [-0.1, -0.05) is 38.1 Å². The van der Waals surface area contributed by atoms with Crippen molar-refractivity contribution in [2.75, 3.05) is 13.7 Å². The highest BCUT2D eigenvalue weighted by Crippen LogP contribution is 2.26. The molecular formula is C26H30FN3O6. The molecule has 3 aromatic rings. The van der Waals surface area contributed by atoms with Crippen LogP contribution in [0, 0.1) is 11.7 Å². The molecule has 0 fully saturated rings. The van der Waals surface area contributed by atoms with E-state index in [9.17, 15) is 24.2 Å². The van der Waals surface area contributed by atoms with Crippen LogP contribution in [0.25, 0.3) is 5.69 Å². The van der Waals surface area contributed by atoms with Crippen LogP contribution in [0.4, 0.5) is 4.39 Å². The molecule has 36 heavy (non-hydrogen) atoms. The second-order valence-electron chi connectivity index (χ2n) is 8.93. The number of ether oxygens (including phenoxy) is 2. The normalized spacial score (nSPS) is 13.6. The van der Waals surface area contributed by atoms with Crippen molar-refractivity contribution in [2.45, 2.75) is 38.8 Å². The molecule has 2 atom stereocenters. The maximum absolute atomic E-state index is 14.6. The van der Waals surface area contributed by atoms with Crippen LogP contribution in [0.3, 0.4) is 0 Å². The first-order chi connectivity index (χ1) is 17.0. The number of methoxy groups -OCH3 is 1. The van der Waals surface area contributed by atoms with E-state index < -0.39 is 29.3 Å². The number of carboxylic acids is 1. The Labute approximate surface area is 208 Å². The predicted molar refractivity (Wildman–Crippen MR) is 130 cm³/mol. The van der Waals surface area contributed by atoms with Crippen molar-refractivity contribution in [3.63, 3.8) is 0 Å². The van der Waals surface area contributed by atoms with Gasteiger partial charge >= 0.3 is 5.97 Å². The van der Waals surface area contributed by atoms with E-state index in [1.165, 1.54) is 31.4 Å². The maximum Gasteiger partial charge on any atom is 0.305 e. The summed E-state index contributed by atoms with van der Waals surface area (Å²) in [5.41, 5.74) is -0.726. The monoisotopic (exact) mass is 499 g/mol. The number of amides is 1. The smallest absolute Gasteiger partial charge is 0.305 e. The second kappa shape index (κ2) is 11.2. The molecule has 3 N–H and O–H groups in total. The number of carbonyl (C=O) groups is 2. The third-order valence-corrected chi connectivity index (χ3v) is 5.93. The molecule has 1 aromatic heterocycles. The number of carboxylic acid groups (broad SMARTS) is 1. The summed E-state index contributed by atoms with van der Waals surface area (Å²) < 4.78 is 26.7. The number of aromatic nitrogens is 2. The second-order valence-corrected chi connectivity index (χ2v) is 8.93. The van der Waals surface area contributed by atoms with Crippen molar-refractivity contribution in [3.05, 3.63) is 71.7 Å². The summed E-state index contributed by atoms with van der Waals surface area (Å²) in [6.07, 6.45) is -0.381. The first-order valence-corrected chi connectivity index (χ1v) is 11.4. The molecule has 3 rings (SSSR count). The minimum atomic E-state index is -1.19. The number of hydrogen-bond donors (Lipinski definition) is 3. The lowest BCUT2D eigenvalue weighted by molar-refractivity contribution is -0.137. The summed E-state index contributed by atoms with van der Waals surface area (Å²) in [7, 11) is 1.48. The standard InChI is InChI=1S/C26H30FN3O6/c1-16(2)26(3,34)15-36-23-13-21(29-30(23)22-11-6-5-10-19(22)27)25(33)28-20(14-24(31)32)17-8-7-9-18(12-17)35-4/h5-13,16,20,34H,14-15H2,1-4H3,(H,28,33)(H,31,32)/t20-,26+/m0/s1. The molecule has 0 unspecified atom stereocenters. The topological polar surface area (TPSA) is 123 Å². The maximum atomic E-state index is 14.6. The number of nitrogens with zero attached hydrogens (tertiary/aromatic N) is 2. The zero-order chi connectivity index (χ0) is 26.5. The number of rotatable bonds is 11. The van der Waals surface area contributed by atoms with E-state index in [4.69, 9.17) is 9.47 Å². The van der Waals surface area contributed by atoms with E-state index in [1.807, 2.05) is 13.8 Å². The number of aliphatic hydroxyl groups is 1. The number of para-hydroxylation sites is 1.